The SMILES string of the molecule is Cn1cccc1C(=O)N[C@@H]1CCN2C(=O)N(c3ccc(OC(F)(F)F)cc3)C(=O)[C@@H]2C1. The maximum atomic E-state index is 12.9. The van der Waals surface area contributed by atoms with Crippen molar-refractivity contribution in [2.45, 2.75) is 31.3 Å². The number of hydrogen-bond acceptors (Lipinski definition) is 4. The molecule has 4 amide bonds. The van der Waals surface area contributed by atoms with Gasteiger partial charge in [-0.15, -0.1) is 13.2 Å². The minimum absolute atomic E-state index is 0.156. The fraction of sp³-hybridized carbons (Fsp3) is 0.350. The van der Waals surface area contributed by atoms with Crippen LogP contribution in [0.2, 0.25) is 0 Å². The second-order valence-corrected chi connectivity index (χ2v) is 7.41. The van der Waals surface area contributed by atoms with E-state index in [-0.39, 0.29) is 30.6 Å². The highest BCUT2D eigenvalue weighted by molar-refractivity contribution is 6.21. The number of alkyl halides is 3. The largest absolute Gasteiger partial charge is 0.573 e. The smallest absolute Gasteiger partial charge is 0.406 e. The maximum absolute atomic E-state index is 12.9. The molecule has 3 heterocycles. The molecule has 2 aliphatic rings. The third-order valence-corrected chi connectivity index (χ3v) is 5.39. The number of carbonyl (C=O) groups excluding carboxylic acids is 3. The van der Waals surface area contributed by atoms with Crippen molar-refractivity contribution in [3.63, 3.8) is 0 Å². The number of amides is 4. The molecule has 11 heteroatoms. The lowest BCUT2D eigenvalue weighted by atomic mass is 9.98. The van der Waals surface area contributed by atoms with Gasteiger partial charge >= 0.3 is 12.4 Å². The summed E-state index contributed by atoms with van der Waals surface area (Å²) < 4.78 is 42.5. The molecular weight excluding hydrogens is 417 g/mol. The number of aromatic nitrogens is 1. The highest BCUT2D eigenvalue weighted by atomic mass is 19.4. The molecule has 2 aliphatic heterocycles. The maximum Gasteiger partial charge on any atom is 0.573 e. The van der Waals surface area contributed by atoms with Crippen LogP contribution >= 0.6 is 0 Å². The topological polar surface area (TPSA) is 83.9 Å². The summed E-state index contributed by atoms with van der Waals surface area (Å²) in [7, 11) is 1.75. The Morgan fingerprint density at radius 3 is 2.48 bits per heavy atom. The van der Waals surface area contributed by atoms with Crippen molar-refractivity contribution in [3.05, 3.63) is 48.3 Å². The van der Waals surface area contributed by atoms with E-state index in [0.29, 0.717) is 12.1 Å². The van der Waals surface area contributed by atoms with Crippen LogP contribution < -0.4 is 15.0 Å². The molecule has 0 radical (unpaired) electrons. The number of carbonyl (C=O) groups is 3. The number of nitrogens with zero attached hydrogens (tertiary/aromatic N) is 3. The van der Waals surface area contributed by atoms with Crippen molar-refractivity contribution in [3.8, 4) is 5.75 Å². The second-order valence-electron chi connectivity index (χ2n) is 7.41. The molecule has 0 saturated carbocycles. The van der Waals surface area contributed by atoms with Gasteiger partial charge in [-0.2, -0.15) is 0 Å². The van der Waals surface area contributed by atoms with Crippen molar-refractivity contribution in [2.24, 2.45) is 7.05 Å². The molecule has 1 aromatic carbocycles. The van der Waals surface area contributed by atoms with Crippen LogP contribution in [-0.2, 0) is 11.8 Å². The number of urea groups is 1. The van der Waals surface area contributed by atoms with E-state index in [4.69, 9.17) is 0 Å². The van der Waals surface area contributed by atoms with Gasteiger partial charge in [0.2, 0.25) is 0 Å². The lowest BCUT2D eigenvalue weighted by molar-refractivity contribution is -0.274. The zero-order chi connectivity index (χ0) is 22.3. The Morgan fingerprint density at radius 1 is 1.16 bits per heavy atom. The first kappa shape index (κ1) is 20.8. The van der Waals surface area contributed by atoms with Gasteiger partial charge in [-0.1, -0.05) is 0 Å². The number of rotatable bonds is 4. The minimum Gasteiger partial charge on any atom is -0.406 e. The van der Waals surface area contributed by atoms with Crippen molar-refractivity contribution < 1.29 is 32.3 Å². The van der Waals surface area contributed by atoms with E-state index in [2.05, 4.69) is 10.1 Å². The number of nitrogens with one attached hydrogen (secondary N) is 1. The summed E-state index contributed by atoms with van der Waals surface area (Å²) in [6.45, 7) is 0.277. The summed E-state index contributed by atoms with van der Waals surface area (Å²) in [6, 6.07) is 6.41. The van der Waals surface area contributed by atoms with E-state index in [0.717, 1.165) is 17.0 Å². The molecule has 2 saturated heterocycles. The van der Waals surface area contributed by atoms with Crippen LogP contribution in [-0.4, -0.2) is 52.3 Å². The Balaban J connectivity index is 1.45. The molecule has 31 heavy (non-hydrogen) atoms. The monoisotopic (exact) mass is 436 g/mol. The molecule has 164 valence electrons. The number of imide groups is 1. The van der Waals surface area contributed by atoms with Crippen LogP contribution in [0.3, 0.4) is 0 Å². The number of piperidine rings is 1. The number of benzene rings is 1. The van der Waals surface area contributed by atoms with Gasteiger partial charge in [-0.25, -0.2) is 9.69 Å². The lowest BCUT2D eigenvalue weighted by Gasteiger charge is -2.32. The molecule has 2 fully saturated rings. The number of aryl methyl sites for hydroxylation is 1. The van der Waals surface area contributed by atoms with Gasteiger partial charge in [0.25, 0.3) is 11.8 Å². The van der Waals surface area contributed by atoms with E-state index in [1.807, 2.05) is 0 Å². The highest BCUT2D eigenvalue weighted by Gasteiger charge is 2.48. The van der Waals surface area contributed by atoms with E-state index in [9.17, 15) is 27.6 Å². The fourth-order valence-electron chi connectivity index (χ4n) is 3.92. The van der Waals surface area contributed by atoms with Crippen LogP contribution in [0.1, 0.15) is 23.3 Å². The molecule has 0 spiro atoms. The number of ether oxygens (including phenoxy) is 1. The summed E-state index contributed by atoms with van der Waals surface area (Å²) in [5.74, 6) is -1.19. The zero-order valence-electron chi connectivity index (χ0n) is 16.4. The third kappa shape index (κ3) is 4.07. The van der Waals surface area contributed by atoms with Crippen molar-refractivity contribution in [1.82, 2.24) is 14.8 Å². The summed E-state index contributed by atoms with van der Waals surface area (Å²) in [6.07, 6.45) is -2.34. The highest BCUT2D eigenvalue weighted by Crippen LogP contribution is 2.32. The number of halogens is 3. The number of anilines is 1. The molecule has 8 nitrogen and oxygen atoms in total. The molecule has 1 N–H and O–H groups in total. The van der Waals surface area contributed by atoms with Crippen molar-refractivity contribution in [2.75, 3.05) is 11.4 Å². The molecule has 4 rings (SSSR count). The lowest BCUT2D eigenvalue weighted by Crippen LogP contribution is -2.50. The molecular formula is C20H19F3N4O4. The fourth-order valence-corrected chi connectivity index (χ4v) is 3.92. The first-order chi connectivity index (χ1) is 14.6. The van der Waals surface area contributed by atoms with E-state index >= 15 is 0 Å². The molecule has 1 aromatic heterocycles. The normalized spacial score (nSPS) is 21.3. The van der Waals surface area contributed by atoms with Gasteiger partial charge in [0.15, 0.2) is 0 Å². The van der Waals surface area contributed by atoms with Crippen LogP contribution in [0.5, 0.6) is 5.75 Å². The van der Waals surface area contributed by atoms with Gasteiger partial charge in [0.05, 0.1) is 5.69 Å². The standard InChI is InChI=1S/C20H19F3N4O4/c1-25-9-2-3-15(25)17(28)24-12-8-10-26-16(11-12)18(29)27(19(26)30)13-4-6-14(7-5-13)31-20(21,22)23/h2-7,9,12,16H,8,10-11H2,1H3,(H,24,28)/t12-,16+/m1/s1. The molecule has 2 aromatic rings. The van der Waals surface area contributed by atoms with Gasteiger partial charge in [0.1, 0.15) is 17.5 Å². The molecule has 0 unspecified atom stereocenters. The predicted molar refractivity (Wildman–Crippen MR) is 102 cm³/mol. The second kappa shape index (κ2) is 7.64. The first-order valence-electron chi connectivity index (χ1n) is 9.56. The van der Waals surface area contributed by atoms with E-state index in [1.54, 1.807) is 29.9 Å². The van der Waals surface area contributed by atoms with Gasteiger partial charge in [-0.05, 0) is 49.2 Å². The van der Waals surface area contributed by atoms with Crippen LogP contribution in [0.4, 0.5) is 23.7 Å². The zero-order valence-corrected chi connectivity index (χ0v) is 16.4. The summed E-state index contributed by atoms with van der Waals surface area (Å²) in [5, 5.41) is 2.90. The Hall–Kier alpha value is -3.50. The Labute approximate surface area is 175 Å². The summed E-state index contributed by atoms with van der Waals surface area (Å²) in [5.41, 5.74) is 0.641. The van der Waals surface area contributed by atoms with Gasteiger partial charge in [0, 0.05) is 25.8 Å². The Kier molecular flexibility index (Phi) is 5.11. The number of fused-ring (bicyclic) bond motifs is 1. The average Bonchev–Trinajstić information content (AvgIpc) is 3.23. The average molecular weight is 436 g/mol. The quantitative estimate of drug-likeness (QED) is 0.747. The summed E-state index contributed by atoms with van der Waals surface area (Å²) in [4.78, 5) is 40.5. The molecule has 0 aliphatic carbocycles. The molecule has 2 atom stereocenters. The van der Waals surface area contributed by atoms with Crippen LogP contribution in [0, 0.1) is 0 Å². The third-order valence-electron chi connectivity index (χ3n) is 5.39. The van der Waals surface area contributed by atoms with Gasteiger partial charge in [-0.3, -0.25) is 9.59 Å². The Morgan fingerprint density at radius 2 is 1.87 bits per heavy atom. The molecule has 0 bridgehead atoms. The van der Waals surface area contributed by atoms with E-state index in [1.165, 1.54) is 17.0 Å². The first-order valence-corrected chi connectivity index (χ1v) is 9.56. The van der Waals surface area contributed by atoms with Crippen LogP contribution in [0.25, 0.3) is 0 Å². The van der Waals surface area contributed by atoms with Gasteiger partial charge < -0.3 is 19.5 Å². The predicted octanol–water partition coefficient (Wildman–Crippen LogP) is 2.65. The van der Waals surface area contributed by atoms with Crippen LogP contribution in [0.15, 0.2) is 42.6 Å². The van der Waals surface area contributed by atoms with E-state index < -0.39 is 30.1 Å². The van der Waals surface area contributed by atoms with Crippen molar-refractivity contribution in [1.29, 1.82) is 0 Å². The Bertz CT molecular complexity index is 1020. The number of hydrogen-bond donors (Lipinski definition) is 1. The summed E-state index contributed by atoms with van der Waals surface area (Å²) >= 11 is 0. The minimum atomic E-state index is -4.83. The van der Waals surface area contributed by atoms with Crippen molar-refractivity contribution >= 4 is 23.5 Å².